The van der Waals surface area contributed by atoms with Gasteiger partial charge in [0.25, 0.3) is 5.91 Å². The standard InChI is InChI=1S/C13H16BrNO2/c1-9-5-10(7-11(14)6-9)13(16)15-12-3-2-4-17-8-12/h5-7,12H,2-4,8H2,1H3,(H,15,16). The largest absolute Gasteiger partial charge is 0.379 e. The quantitative estimate of drug-likeness (QED) is 0.911. The van der Waals surface area contributed by atoms with Gasteiger partial charge in [-0.2, -0.15) is 0 Å². The maximum absolute atomic E-state index is 12.0. The summed E-state index contributed by atoms with van der Waals surface area (Å²) in [5, 5.41) is 3.00. The second kappa shape index (κ2) is 5.65. The fraction of sp³-hybridized carbons (Fsp3) is 0.462. The SMILES string of the molecule is Cc1cc(Br)cc(C(=O)NC2CCCOC2)c1. The first-order chi connectivity index (χ1) is 8.15. The summed E-state index contributed by atoms with van der Waals surface area (Å²) >= 11 is 3.40. The van der Waals surface area contributed by atoms with E-state index < -0.39 is 0 Å². The molecule has 1 saturated heterocycles. The van der Waals surface area contributed by atoms with E-state index in [2.05, 4.69) is 21.2 Å². The highest BCUT2D eigenvalue weighted by Gasteiger charge is 2.17. The molecule has 1 aliphatic rings. The summed E-state index contributed by atoms with van der Waals surface area (Å²) in [5.41, 5.74) is 1.77. The molecule has 1 unspecified atom stereocenters. The lowest BCUT2D eigenvalue weighted by Gasteiger charge is -2.23. The summed E-state index contributed by atoms with van der Waals surface area (Å²) < 4.78 is 6.28. The molecule has 1 fully saturated rings. The number of aryl methyl sites for hydroxylation is 1. The normalized spacial score (nSPS) is 20.0. The Morgan fingerprint density at radius 2 is 2.29 bits per heavy atom. The minimum absolute atomic E-state index is 0.0232. The van der Waals surface area contributed by atoms with Crippen LogP contribution in [-0.4, -0.2) is 25.2 Å². The molecule has 1 aliphatic heterocycles. The van der Waals surface area contributed by atoms with Crippen LogP contribution in [0.15, 0.2) is 22.7 Å². The first kappa shape index (κ1) is 12.6. The zero-order valence-corrected chi connectivity index (χ0v) is 11.4. The lowest BCUT2D eigenvalue weighted by molar-refractivity contribution is 0.0624. The highest BCUT2D eigenvalue weighted by atomic mass is 79.9. The fourth-order valence-corrected chi connectivity index (χ4v) is 2.60. The predicted octanol–water partition coefficient (Wildman–Crippen LogP) is 2.67. The molecule has 1 atom stereocenters. The van der Waals surface area contributed by atoms with E-state index >= 15 is 0 Å². The van der Waals surface area contributed by atoms with Crippen LogP contribution < -0.4 is 5.32 Å². The van der Waals surface area contributed by atoms with Crippen LogP contribution in [0, 0.1) is 6.92 Å². The van der Waals surface area contributed by atoms with Gasteiger partial charge >= 0.3 is 0 Å². The Kier molecular flexibility index (Phi) is 4.18. The van der Waals surface area contributed by atoms with Crippen molar-refractivity contribution in [1.82, 2.24) is 5.32 Å². The van der Waals surface area contributed by atoms with Gasteiger partial charge in [-0.25, -0.2) is 0 Å². The van der Waals surface area contributed by atoms with E-state index in [1.807, 2.05) is 25.1 Å². The van der Waals surface area contributed by atoms with Crippen LogP contribution >= 0.6 is 15.9 Å². The van der Waals surface area contributed by atoms with Crippen molar-refractivity contribution in [3.63, 3.8) is 0 Å². The molecule has 0 radical (unpaired) electrons. The van der Waals surface area contributed by atoms with Crippen molar-refractivity contribution >= 4 is 21.8 Å². The molecule has 3 nitrogen and oxygen atoms in total. The molecule has 0 saturated carbocycles. The predicted molar refractivity (Wildman–Crippen MR) is 70.2 cm³/mol. The summed E-state index contributed by atoms with van der Waals surface area (Å²) in [6, 6.07) is 5.87. The molecule has 0 aromatic heterocycles. The first-order valence-corrected chi connectivity index (χ1v) is 6.60. The lowest BCUT2D eigenvalue weighted by atomic mass is 10.1. The van der Waals surface area contributed by atoms with Gasteiger partial charge in [0.1, 0.15) is 0 Å². The van der Waals surface area contributed by atoms with Crippen molar-refractivity contribution in [2.45, 2.75) is 25.8 Å². The Balaban J connectivity index is 2.03. The summed E-state index contributed by atoms with van der Waals surface area (Å²) in [6.07, 6.45) is 2.02. The van der Waals surface area contributed by atoms with Crippen LogP contribution in [0.2, 0.25) is 0 Å². The highest BCUT2D eigenvalue weighted by Crippen LogP contribution is 2.16. The molecule has 1 amide bonds. The van der Waals surface area contributed by atoms with Crippen molar-refractivity contribution in [3.05, 3.63) is 33.8 Å². The molecule has 1 heterocycles. The molecule has 92 valence electrons. The Morgan fingerprint density at radius 3 is 2.94 bits per heavy atom. The molecule has 1 aromatic rings. The molecule has 0 spiro atoms. The van der Waals surface area contributed by atoms with Gasteiger partial charge in [0, 0.05) is 16.6 Å². The number of benzene rings is 1. The van der Waals surface area contributed by atoms with Crippen LogP contribution in [0.3, 0.4) is 0 Å². The number of hydrogen-bond donors (Lipinski definition) is 1. The minimum Gasteiger partial charge on any atom is -0.379 e. The van der Waals surface area contributed by atoms with E-state index in [0.717, 1.165) is 29.5 Å². The second-order valence-corrected chi connectivity index (χ2v) is 5.32. The summed E-state index contributed by atoms with van der Waals surface area (Å²) in [5.74, 6) is -0.0232. The van der Waals surface area contributed by atoms with E-state index in [9.17, 15) is 4.79 Å². The number of amides is 1. The minimum atomic E-state index is -0.0232. The van der Waals surface area contributed by atoms with Crippen LogP contribution in [0.4, 0.5) is 0 Å². The third kappa shape index (κ3) is 3.54. The molecule has 4 heteroatoms. The van der Waals surface area contributed by atoms with Crippen molar-refractivity contribution in [2.75, 3.05) is 13.2 Å². The Bertz CT molecular complexity index is 394. The van der Waals surface area contributed by atoms with Crippen LogP contribution in [0.25, 0.3) is 0 Å². The highest BCUT2D eigenvalue weighted by molar-refractivity contribution is 9.10. The van der Waals surface area contributed by atoms with E-state index in [1.54, 1.807) is 0 Å². The molecule has 1 aromatic carbocycles. The van der Waals surface area contributed by atoms with Crippen molar-refractivity contribution in [3.8, 4) is 0 Å². The van der Waals surface area contributed by atoms with Crippen molar-refractivity contribution in [2.24, 2.45) is 0 Å². The van der Waals surface area contributed by atoms with Gasteiger partial charge in [0.05, 0.1) is 12.6 Å². The van der Waals surface area contributed by atoms with Gasteiger partial charge < -0.3 is 10.1 Å². The van der Waals surface area contributed by atoms with Gasteiger partial charge in [-0.15, -0.1) is 0 Å². The van der Waals surface area contributed by atoms with Crippen LogP contribution in [0.1, 0.15) is 28.8 Å². The van der Waals surface area contributed by atoms with E-state index in [0.29, 0.717) is 12.2 Å². The molecule has 1 N–H and O–H groups in total. The van der Waals surface area contributed by atoms with Gasteiger partial charge in [-0.05, 0) is 43.5 Å². The lowest BCUT2D eigenvalue weighted by Crippen LogP contribution is -2.40. The summed E-state index contributed by atoms with van der Waals surface area (Å²) in [6.45, 7) is 3.41. The average molecular weight is 298 g/mol. The van der Waals surface area contributed by atoms with Crippen LogP contribution in [0.5, 0.6) is 0 Å². The van der Waals surface area contributed by atoms with E-state index in [-0.39, 0.29) is 11.9 Å². The van der Waals surface area contributed by atoms with Gasteiger partial charge in [-0.3, -0.25) is 4.79 Å². The third-order valence-electron chi connectivity index (χ3n) is 2.80. The Morgan fingerprint density at radius 1 is 1.47 bits per heavy atom. The van der Waals surface area contributed by atoms with Gasteiger partial charge in [0.2, 0.25) is 0 Å². The van der Waals surface area contributed by atoms with Crippen molar-refractivity contribution in [1.29, 1.82) is 0 Å². The van der Waals surface area contributed by atoms with Crippen LogP contribution in [-0.2, 0) is 4.74 Å². The van der Waals surface area contributed by atoms with Crippen molar-refractivity contribution < 1.29 is 9.53 Å². The number of rotatable bonds is 2. The van der Waals surface area contributed by atoms with Gasteiger partial charge in [-0.1, -0.05) is 15.9 Å². The summed E-state index contributed by atoms with van der Waals surface area (Å²) in [7, 11) is 0. The number of carbonyl (C=O) groups excluding carboxylic acids is 1. The zero-order chi connectivity index (χ0) is 12.3. The van der Waals surface area contributed by atoms with E-state index in [4.69, 9.17) is 4.74 Å². The monoisotopic (exact) mass is 297 g/mol. The molecule has 0 bridgehead atoms. The fourth-order valence-electron chi connectivity index (χ4n) is 1.99. The maximum Gasteiger partial charge on any atom is 0.251 e. The molecule has 2 rings (SSSR count). The summed E-state index contributed by atoms with van der Waals surface area (Å²) in [4.78, 5) is 12.0. The number of nitrogens with one attached hydrogen (secondary N) is 1. The average Bonchev–Trinajstić information content (AvgIpc) is 2.29. The topological polar surface area (TPSA) is 38.3 Å². The second-order valence-electron chi connectivity index (χ2n) is 4.40. The van der Waals surface area contributed by atoms with E-state index in [1.165, 1.54) is 0 Å². The number of carbonyl (C=O) groups is 1. The third-order valence-corrected chi connectivity index (χ3v) is 3.26. The maximum atomic E-state index is 12.0. The molecular weight excluding hydrogens is 282 g/mol. The molecule has 0 aliphatic carbocycles. The first-order valence-electron chi connectivity index (χ1n) is 5.81. The Labute approximate surface area is 110 Å². The zero-order valence-electron chi connectivity index (χ0n) is 9.83. The number of hydrogen-bond acceptors (Lipinski definition) is 2. The Hall–Kier alpha value is -0.870. The number of halogens is 1. The number of ether oxygens (including phenoxy) is 1. The smallest absolute Gasteiger partial charge is 0.251 e. The van der Waals surface area contributed by atoms with Gasteiger partial charge in [0.15, 0.2) is 0 Å². The molecule has 17 heavy (non-hydrogen) atoms. The molecular formula is C13H16BrNO2.